The molecule has 5 heavy (non-hydrogen) atoms. The minimum absolute atomic E-state index is 0.292. The van der Waals surface area contributed by atoms with E-state index in [1.54, 1.807) is 0 Å². The Labute approximate surface area is 29.6 Å². The normalized spacial score (nSPS) is 28.8. The fraction of sp³-hybridized carbons (Fsp3) is 0. The van der Waals surface area contributed by atoms with Gasteiger partial charge in [-0.05, 0) is 0 Å². The van der Waals surface area contributed by atoms with Gasteiger partial charge in [0.2, 0.25) is 0 Å². The van der Waals surface area contributed by atoms with Gasteiger partial charge < -0.3 is 13.7 Å². The molecule has 0 amide bonds. The van der Waals surface area contributed by atoms with Crippen molar-refractivity contribution in [1.29, 1.82) is 0 Å². The van der Waals surface area contributed by atoms with E-state index in [4.69, 9.17) is 0 Å². The molecule has 0 unspecified atom stereocenters. The Morgan fingerprint density at radius 2 is 1.00 bits per heavy atom. The average Bonchev–Trinajstić information content (AvgIpc) is 0.592. The summed E-state index contributed by atoms with van der Waals surface area (Å²) >= 11 is 0. The molecule has 0 aliphatic carbocycles. The lowest BCUT2D eigenvalue weighted by Gasteiger charge is -2.40. The molecule has 3 fully saturated rings. The van der Waals surface area contributed by atoms with E-state index in [2.05, 4.69) is 13.7 Å². The molecular weight excluding hydrogens is 69.6 g/mol. The smallest absolute Gasteiger partial charge is 0.402 e. The van der Waals surface area contributed by atoms with Crippen molar-refractivity contribution in [2.75, 3.05) is 0 Å². The van der Waals surface area contributed by atoms with Gasteiger partial charge in [0.1, 0.15) is 0 Å². The van der Waals surface area contributed by atoms with Crippen molar-refractivity contribution in [3.8, 4) is 0 Å². The molecule has 0 spiro atoms. The predicted octanol–water partition coefficient (Wildman–Crippen LogP) is -0.967. The van der Waals surface area contributed by atoms with E-state index in [1.807, 2.05) is 0 Å². The first-order chi connectivity index (χ1) is 2.45. The lowest BCUT2D eigenvalue weighted by Crippen LogP contribution is -2.68. The van der Waals surface area contributed by atoms with Crippen LogP contribution in [0.1, 0.15) is 0 Å². The van der Waals surface area contributed by atoms with Crippen molar-refractivity contribution in [2.45, 2.75) is 0 Å². The maximum Gasteiger partial charge on any atom is 0.603 e. The second kappa shape index (κ2) is 0.447. The lowest BCUT2D eigenvalue weighted by molar-refractivity contribution is 0.0376. The molecule has 0 saturated carbocycles. The van der Waals surface area contributed by atoms with Crippen molar-refractivity contribution >= 4 is 14.6 Å². The SMILES string of the molecule is O1B2OB1O2. The van der Waals surface area contributed by atoms with Gasteiger partial charge >= 0.3 is 14.6 Å². The summed E-state index contributed by atoms with van der Waals surface area (Å²) in [7, 11) is -0.583. The highest BCUT2D eigenvalue weighted by atomic mass is 17.0. The molecule has 0 aromatic rings. The zero-order valence-corrected chi connectivity index (χ0v) is 2.38. The van der Waals surface area contributed by atoms with E-state index >= 15 is 0 Å². The molecule has 3 aliphatic heterocycles. The summed E-state index contributed by atoms with van der Waals surface area (Å²) in [5.74, 6) is 0. The Balaban J connectivity index is 2.19. The maximum atomic E-state index is 4.58. The van der Waals surface area contributed by atoms with Gasteiger partial charge in [-0.25, -0.2) is 0 Å². The Morgan fingerprint density at radius 3 is 1.00 bits per heavy atom. The number of rotatable bonds is 0. The van der Waals surface area contributed by atoms with E-state index in [-0.39, 0.29) is 14.6 Å². The molecule has 3 rings (SSSR count). The van der Waals surface area contributed by atoms with Gasteiger partial charge in [-0.3, -0.25) is 0 Å². The molecule has 0 radical (unpaired) electrons. The van der Waals surface area contributed by atoms with Crippen LogP contribution in [0.3, 0.4) is 0 Å². The molecule has 3 saturated heterocycles. The van der Waals surface area contributed by atoms with Crippen LogP contribution in [0.4, 0.5) is 0 Å². The first kappa shape index (κ1) is 2.23. The Hall–Kier alpha value is 0.00987. The van der Waals surface area contributed by atoms with Crippen LogP contribution in [0, 0.1) is 0 Å². The first-order valence-electron chi connectivity index (χ1n) is 1.41. The van der Waals surface area contributed by atoms with Crippen LogP contribution in [0.2, 0.25) is 0 Å². The monoisotopic (exact) mass is 70.0 g/mol. The largest absolute Gasteiger partial charge is 0.603 e. The fourth-order valence-electron chi connectivity index (χ4n) is 0.303. The molecule has 2 bridgehead atoms. The van der Waals surface area contributed by atoms with Crippen LogP contribution >= 0.6 is 0 Å². The maximum absolute atomic E-state index is 4.58. The summed E-state index contributed by atoms with van der Waals surface area (Å²) in [6.45, 7) is 0. The summed E-state index contributed by atoms with van der Waals surface area (Å²) in [5, 5.41) is 0. The topological polar surface area (TPSA) is 27.7 Å². The third kappa shape index (κ3) is 0.112. The van der Waals surface area contributed by atoms with E-state index in [0.717, 1.165) is 0 Å². The molecular formula is B2O3. The van der Waals surface area contributed by atoms with Crippen LogP contribution in [0.25, 0.3) is 0 Å². The zero-order valence-electron chi connectivity index (χ0n) is 2.38. The third-order valence-electron chi connectivity index (χ3n) is 0.667. The van der Waals surface area contributed by atoms with Gasteiger partial charge in [-0.2, -0.15) is 0 Å². The van der Waals surface area contributed by atoms with Crippen LogP contribution in [-0.2, 0) is 13.7 Å². The molecule has 0 N–H and O–H groups in total. The highest BCUT2D eigenvalue weighted by molar-refractivity contribution is 6.80. The highest BCUT2D eigenvalue weighted by Gasteiger charge is 2.60. The summed E-state index contributed by atoms with van der Waals surface area (Å²) in [6, 6.07) is 0. The molecule has 3 aliphatic rings. The summed E-state index contributed by atoms with van der Waals surface area (Å²) in [4.78, 5) is 0. The lowest BCUT2D eigenvalue weighted by atomic mass is 9.84. The molecule has 3 nitrogen and oxygen atoms in total. The van der Waals surface area contributed by atoms with Crippen molar-refractivity contribution in [3.63, 3.8) is 0 Å². The van der Waals surface area contributed by atoms with Crippen LogP contribution in [0.5, 0.6) is 0 Å². The van der Waals surface area contributed by atoms with E-state index in [0.29, 0.717) is 0 Å². The summed E-state index contributed by atoms with van der Waals surface area (Å²) in [5.41, 5.74) is 0. The molecule has 0 aromatic carbocycles. The van der Waals surface area contributed by atoms with E-state index in [9.17, 15) is 0 Å². The second-order valence-electron chi connectivity index (χ2n) is 0.986. The van der Waals surface area contributed by atoms with Gasteiger partial charge in [-0.15, -0.1) is 0 Å². The van der Waals surface area contributed by atoms with Crippen LogP contribution in [0.15, 0.2) is 0 Å². The predicted molar refractivity (Wildman–Crippen MR) is 14.8 cm³/mol. The number of hydrogen-bond donors (Lipinski definition) is 0. The zero-order chi connectivity index (χ0) is 3.28. The van der Waals surface area contributed by atoms with Crippen molar-refractivity contribution in [2.24, 2.45) is 0 Å². The highest BCUT2D eigenvalue weighted by Crippen LogP contribution is 2.23. The molecule has 0 atom stereocenters. The van der Waals surface area contributed by atoms with Crippen LogP contribution in [-0.4, -0.2) is 14.6 Å². The van der Waals surface area contributed by atoms with Crippen molar-refractivity contribution < 1.29 is 13.7 Å². The van der Waals surface area contributed by atoms with Gasteiger partial charge in [0.05, 0.1) is 0 Å². The van der Waals surface area contributed by atoms with Crippen molar-refractivity contribution in [3.05, 3.63) is 0 Å². The van der Waals surface area contributed by atoms with Crippen LogP contribution < -0.4 is 0 Å². The molecule has 0 aromatic heterocycles. The summed E-state index contributed by atoms with van der Waals surface area (Å²) < 4.78 is 13.8. The fourth-order valence-corrected chi connectivity index (χ4v) is 0.303. The summed E-state index contributed by atoms with van der Waals surface area (Å²) in [6.07, 6.45) is 0. The van der Waals surface area contributed by atoms with E-state index < -0.39 is 0 Å². The Bertz CT molecular complexity index is 41.6. The van der Waals surface area contributed by atoms with Gasteiger partial charge in [0.25, 0.3) is 0 Å². The quantitative estimate of drug-likeness (QED) is 0.343. The van der Waals surface area contributed by atoms with Gasteiger partial charge in [0.15, 0.2) is 0 Å². The minimum Gasteiger partial charge on any atom is -0.402 e. The average molecular weight is 69.6 g/mol. The van der Waals surface area contributed by atoms with Gasteiger partial charge in [0, 0.05) is 0 Å². The third-order valence-corrected chi connectivity index (χ3v) is 0.667. The Kier molecular flexibility index (Phi) is 0.200. The van der Waals surface area contributed by atoms with E-state index in [1.165, 1.54) is 0 Å². The standard InChI is InChI=1S/B2O3/c3-1-4-2(3)5-1. The minimum atomic E-state index is -0.292. The first-order valence-corrected chi connectivity index (χ1v) is 1.41. The molecule has 24 valence electrons. The van der Waals surface area contributed by atoms with Crippen molar-refractivity contribution in [1.82, 2.24) is 0 Å². The molecule has 5 heteroatoms. The second-order valence-corrected chi connectivity index (χ2v) is 0.986. The Morgan fingerprint density at radius 1 is 0.800 bits per heavy atom. The molecule has 3 heterocycles. The van der Waals surface area contributed by atoms with Gasteiger partial charge in [-0.1, -0.05) is 0 Å². The number of hydrogen-bond acceptors (Lipinski definition) is 3.